The minimum Gasteiger partial charge on any atom is -0.453 e. The summed E-state index contributed by atoms with van der Waals surface area (Å²) in [6.07, 6.45) is -0.756. The van der Waals surface area contributed by atoms with Crippen LogP contribution in [0.4, 0.5) is 10.1 Å². The summed E-state index contributed by atoms with van der Waals surface area (Å²) < 4.78 is 18.6. The average molecular weight is 364 g/mol. The van der Waals surface area contributed by atoms with Crippen LogP contribution < -0.4 is 5.32 Å². The zero-order chi connectivity index (χ0) is 18.4. The minimum absolute atomic E-state index is 0.00521. The summed E-state index contributed by atoms with van der Waals surface area (Å²) in [5, 5.41) is 3.17. The first-order chi connectivity index (χ1) is 11.9. The number of nitrogens with one attached hydrogen (secondary N) is 1. The molecule has 2 aromatic rings. The standard InChI is InChI=1S/C19H19ClFNO3/c1-12-7-9-15(20)11-17(12)22-19(24)13(2)25-18(23)10-8-14-5-3-4-6-16(14)21/h3-7,9,11,13H,8,10H2,1-2H3,(H,22,24)/t13-/m1/s1. The molecule has 4 nitrogen and oxygen atoms in total. The van der Waals surface area contributed by atoms with Crippen molar-refractivity contribution < 1.29 is 18.7 Å². The lowest BCUT2D eigenvalue weighted by Crippen LogP contribution is -2.30. The van der Waals surface area contributed by atoms with Gasteiger partial charge >= 0.3 is 5.97 Å². The third kappa shape index (κ3) is 5.57. The van der Waals surface area contributed by atoms with Crippen LogP contribution in [0.1, 0.15) is 24.5 Å². The maximum atomic E-state index is 13.5. The number of esters is 1. The van der Waals surface area contributed by atoms with E-state index in [1.807, 2.05) is 6.92 Å². The number of anilines is 1. The van der Waals surface area contributed by atoms with Gasteiger partial charge in [-0.3, -0.25) is 9.59 Å². The second-order valence-corrected chi connectivity index (χ2v) is 6.11. The van der Waals surface area contributed by atoms with E-state index in [2.05, 4.69) is 5.32 Å². The summed E-state index contributed by atoms with van der Waals surface area (Å²) in [4.78, 5) is 24.0. The molecule has 2 rings (SSSR count). The van der Waals surface area contributed by atoms with Gasteiger partial charge in [0.2, 0.25) is 0 Å². The number of hydrogen-bond acceptors (Lipinski definition) is 3. The molecule has 1 amide bonds. The Morgan fingerprint density at radius 1 is 1.24 bits per heavy atom. The molecule has 0 spiro atoms. The molecule has 0 aromatic heterocycles. The number of hydrogen-bond donors (Lipinski definition) is 1. The zero-order valence-corrected chi connectivity index (χ0v) is 14.8. The molecule has 0 saturated carbocycles. The quantitative estimate of drug-likeness (QED) is 0.779. The Labute approximate surface area is 150 Å². The molecule has 0 bridgehead atoms. The van der Waals surface area contributed by atoms with Gasteiger partial charge in [0, 0.05) is 17.1 Å². The highest BCUT2D eigenvalue weighted by molar-refractivity contribution is 6.31. The Hall–Kier alpha value is -2.40. The lowest BCUT2D eigenvalue weighted by Gasteiger charge is -2.15. The van der Waals surface area contributed by atoms with Crippen molar-refractivity contribution >= 4 is 29.2 Å². The van der Waals surface area contributed by atoms with E-state index in [0.717, 1.165) is 5.56 Å². The molecule has 1 N–H and O–H groups in total. The summed E-state index contributed by atoms with van der Waals surface area (Å²) in [5.41, 5.74) is 1.84. The molecule has 6 heteroatoms. The van der Waals surface area contributed by atoms with Gasteiger partial charge in [0.1, 0.15) is 5.82 Å². The monoisotopic (exact) mass is 363 g/mol. The molecule has 25 heavy (non-hydrogen) atoms. The van der Waals surface area contributed by atoms with Crippen molar-refractivity contribution in [2.75, 3.05) is 5.32 Å². The fourth-order valence-corrected chi connectivity index (χ4v) is 2.38. The van der Waals surface area contributed by atoms with Crippen LogP contribution in [-0.4, -0.2) is 18.0 Å². The van der Waals surface area contributed by atoms with Gasteiger partial charge in [0.15, 0.2) is 6.10 Å². The zero-order valence-electron chi connectivity index (χ0n) is 14.0. The molecule has 0 aliphatic carbocycles. The number of rotatable bonds is 6. The van der Waals surface area contributed by atoms with E-state index in [1.165, 1.54) is 13.0 Å². The van der Waals surface area contributed by atoms with Crippen molar-refractivity contribution in [2.24, 2.45) is 0 Å². The smallest absolute Gasteiger partial charge is 0.306 e. The normalized spacial score (nSPS) is 11.7. The van der Waals surface area contributed by atoms with Crippen molar-refractivity contribution in [3.63, 3.8) is 0 Å². The Bertz CT molecular complexity index is 779. The lowest BCUT2D eigenvalue weighted by atomic mass is 10.1. The fraction of sp³-hybridized carbons (Fsp3) is 0.263. The van der Waals surface area contributed by atoms with Gasteiger partial charge in [-0.1, -0.05) is 35.9 Å². The van der Waals surface area contributed by atoms with Gasteiger partial charge in [0.05, 0.1) is 0 Å². The van der Waals surface area contributed by atoms with Gasteiger partial charge in [-0.2, -0.15) is 0 Å². The molecule has 0 heterocycles. The first kappa shape index (κ1) is 18.9. The Morgan fingerprint density at radius 3 is 2.68 bits per heavy atom. The second kappa shape index (κ2) is 8.62. The number of halogens is 2. The van der Waals surface area contributed by atoms with Crippen molar-refractivity contribution in [1.29, 1.82) is 0 Å². The van der Waals surface area contributed by atoms with Crippen molar-refractivity contribution in [3.8, 4) is 0 Å². The number of carbonyl (C=O) groups excluding carboxylic acids is 2. The maximum absolute atomic E-state index is 13.5. The van der Waals surface area contributed by atoms with Crippen LogP contribution in [0.3, 0.4) is 0 Å². The van der Waals surface area contributed by atoms with E-state index in [9.17, 15) is 14.0 Å². The van der Waals surface area contributed by atoms with Crippen molar-refractivity contribution in [1.82, 2.24) is 0 Å². The van der Waals surface area contributed by atoms with Crippen molar-refractivity contribution in [3.05, 3.63) is 64.4 Å². The molecule has 0 saturated heterocycles. The van der Waals surface area contributed by atoms with E-state index >= 15 is 0 Å². The van der Waals surface area contributed by atoms with Gasteiger partial charge in [-0.05, 0) is 49.6 Å². The third-order valence-corrected chi connectivity index (χ3v) is 3.93. The van der Waals surface area contributed by atoms with Gasteiger partial charge in [-0.25, -0.2) is 4.39 Å². The van der Waals surface area contributed by atoms with Crippen LogP contribution in [0.5, 0.6) is 0 Å². The van der Waals surface area contributed by atoms with E-state index in [4.69, 9.17) is 16.3 Å². The average Bonchev–Trinajstić information content (AvgIpc) is 2.57. The summed E-state index contributed by atoms with van der Waals surface area (Å²) in [6, 6.07) is 11.4. The maximum Gasteiger partial charge on any atom is 0.306 e. The predicted octanol–water partition coefficient (Wildman–Crippen LogP) is 4.29. The Kier molecular flexibility index (Phi) is 6.53. The summed E-state index contributed by atoms with van der Waals surface area (Å²) in [7, 11) is 0. The second-order valence-electron chi connectivity index (χ2n) is 5.67. The molecular weight excluding hydrogens is 345 g/mol. The first-order valence-electron chi connectivity index (χ1n) is 7.86. The number of ether oxygens (including phenoxy) is 1. The largest absolute Gasteiger partial charge is 0.453 e. The third-order valence-electron chi connectivity index (χ3n) is 3.69. The van der Waals surface area contributed by atoms with Gasteiger partial charge in [-0.15, -0.1) is 0 Å². The molecule has 0 unspecified atom stereocenters. The molecule has 0 aliphatic rings. The van der Waals surface area contributed by atoms with Gasteiger partial charge < -0.3 is 10.1 Å². The number of amides is 1. The van der Waals surface area contributed by atoms with Crippen LogP contribution in [0.2, 0.25) is 5.02 Å². The van der Waals surface area contributed by atoms with E-state index < -0.39 is 18.0 Å². The lowest BCUT2D eigenvalue weighted by molar-refractivity contribution is -0.153. The summed E-state index contributed by atoms with van der Waals surface area (Å²) >= 11 is 5.91. The first-order valence-corrected chi connectivity index (χ1v) is 8.24. The topological polar surface area (TPSA) is 55.4 Å². The number of aryl methyl sites for hydroxylation is 2. The Balaban J connectivity index is 1.87. The number of carbonyl (C=O) groups is 2. The molecule has 0 fully saturated rings. The SMILES string of the molecule is Cc1ccc(Cl)cc1NC(=O)[C@@H](C)OC(=O)CCc1ccccc1F. The van der Waals surface area contributed by atoms with Crippen LogP contribution in [0.25, 0.3) is 0 Å². The summed E-state index contributed by atoms with van der Waals surface area (Å²) in [6.45, 7) is 3.31. The van der Waals surface area contributed by atoms with E-state index in [-0.39, 0.29) is 18.7 Å². The van der Waals surface area contributed by atoms with E-state index in [1.54, 1.807) is 36.4 Å². The highest BCUT2D eigenvalue weighted by atomic mass is 35.5. The Morgan fingerprint density at radius 2 is 1.96 bits per heavy atom. The van der Waals surface area contributed by atoms with Crippen LogP contribution in [0.15, 0.2) is 42.5 Å². The molecule has 2 aromatic carbocycles. The van der Waals surface area contributed by atoms with Crippen LogP contribution in [-0.2, 0) is 20.7 Å². The summed E-state index contributed by atoms with van der Waals surface area (Å²) in [5.74, 6) is -1.38. The molecule has 1 atom stereocenters. The predicted molar refractivity (Wildman–Crippen MR) is 95.1 cm³/mol. The van der Waals surface area contributed by atoms with Crippen LogP contribution in [0, 0.1) is 12.7 Å². The highest BCUT2D eigenvalue weighted by Gasteiger charge is 2.19. The molecule has 0 radical (unpaired) electrons. The van der Waals surface area contributed by atoms with Crippen LogP contribution >= 0.6 is 11.6 Å². The molecule has 0 aliphatic heterocycles. The van der Waals surface area contributed by atoms with Gasteiger partial charge in [0.25, 0.3) is 5.91 Å². The van der Waals surface area contributed by atoms with E-state index in [0.29, 0.717) is 16.3 Å². The highest BCUT2D eigenvalue weighted by Crippen LogP contribution is 2.20. The van der Waals surface area contributed by atoms with Crippen molar-refractivity contribution in [2.45, 2.75) is 32.8 Å². The molecule has 132 valence electrons. The molecular formula is C19H19ClFNO3. The fourth-order valence-electron chi connectivity index (χ4n) is 2.21. The minimum atomic E-state index is -0.966. The number of benzene rings is 2.